The first-order valence-electron chi connectivity index (χ1n) is 9.20. The minimum absolute atomic E-state index is 0.116. The summed E-state index contributed by atoms with van der Waals surface area (Å²) >= 11 is 6.12. The van der Waals surface area contributed by atoms with Crippen LogP contribution in [0.2, 0.25) is 5.02 Å². The molecule has 0 aliphatic heterocycles. The third-order valence-electron chi connectivity index (χ3n) is 4.45. The molecule has 0 saturated carbocycles. The number of nitrogens with two attached hydrogens (primary N) is 1. The number of carbonyl (C=O) groups is 2. The van der Waals surface area contributed by atoms with Gasteiger partial charge in [-0.15, -0.1) is 0 Å². The predicted molar refractivity (Wildman–Crippen MR) is 109 cm³/mol. The number of rotatable bonds is 10. The second kappa shape index (κ2) is 9.66. The van der Waals surface area contributed by atoms with E-state index < -0.39 is 11.7 Å². The number of amides is 1. The van der Waals surface area contributed by atoms with E-state index >= 15 is 0 Å². The maximum Gasteiger partial charge on any atom is 0.289 e. The summed E-state index contributed by atoms with van der Waals surface area (Å²) in [6.45, 7) is 2.52. The van der Waals surface area contributed by atoms with Crippen LogP contribution in [0.15, 0.2) is 30.6 Å². The molecule has 0 spiro atoms. The zero-order valence-electron chi connectivity index (χ0n) is 16.6. The Morgan fingerprint density at radius 3 is 2.70 bits per heavy atom. The lowest BCUT2D eigenvalue weighted by Gasteiger charge is -2.10. The van der Waals surface area contributed by atoms with Gasteiger partial charge >= 0.3 is 0 Å². The van der Waals surface area contributed by atoms with Crippen molar-refractivity contribution in [2.75, 3.05) is 20.3 Å². The van der Waals surface area contributed by atoms with Crippen molar-refractivity contribution in [1.82, 2.24) is 14.5 Å². The van der Waals surface area contributed by atoms with Gasteiger partial charge in [0.05, 0.1) is 18.1 Å². The number of hydrogen-bond donors (Lipinski definition) is 1. The summed E-state index contributed by atoms with van der Waals surface area (Å²) in [6.07, 6.45) is 1.79. The van der Waals surface area contributed by atoms with E-state index in [4.69, 9.17) is 27.0 Å². The minimum Gasteiger partial charge on any atom is -0.475 e. The molecule has 10 heteroatoms. The first-order valence-corrected chi connectivity index (χ1v) is 9.58. The molecular weight excluding hydrogens is 412 g/mol. The fourth-order valence-corrected chi connectivity index (χ4v) is 3.49. The lowest BCUT2D eigenvalue weighted by Crippen LogP contribution is -2.24. The van der Waals surface area contributed by atoms with E-state index in [9.17, 15) is 9.59 Å². The number of aromatic nitrogens is 3. The third kappa shape index (κ3) is 4.43. The molecule has 2 aromatic heterocycles. The second-order valence-corrected chi connectivity index (χ2v) is 6.74. The van der Waals surface area contributed by atoms with Gasteiger partial charge in [0, 0.05) is 17.3 Å². The molecule has 0 aliphatic rings. The van der Waals surface area contributed by atoms with Gasteiger partial charge in [-0.25, -0.2) is 19.7 Å². The fourth-order valence-electron chi connectivity index (χ4n) is 3.28. The van der Waals surface area contributed by atoms with Gasteiger partial charge in [-0.3, -0.25) is 9.59 Å². The van der Waals surface area contributed by atoms with Crippen LogP contribution in [0.1, 0.15) is 28.5 Å². The Labute approximate surface area is 177 Å². The second-order valence-electron chi connectivity index (χ2n) is 6.30. The van der Waals surface area contributed by atoms with Crippen LogP contribution < -0.4 is 10.5 Å². The number of Topliss-reactive ketones (excluding diaryl/α,β-unsaturated/α-hetero) is 1. The van der Waals surface area contributed by atoms with E-state index in [0.717, 1.165) is 5.56 Å². The van der Waals surface area contributed by atoms with Crippen LogP contribution in [-0.4, -0.2) is 46.5 Å². The molecule has 1 aromatic carbocycles. The van der Waals surface area contributed by atoms with E-state index in [1.54, 1.807) is 6.07 Å². The number of nitrogens with zero attached hydrogens (tertiary/aromatic N) is 3. The Balaban J connectivity index is 2.18. The molecular formula is C20H21ClN4O5. The first kappa shape index (κ1) is 21.7. The zero-order chi connectivity index (χ0) is 21.7. The Bertz CT molecular complexity index is 1080. The largest absolute Gasteiger partial charge is 0.475 e. The summed E-state index contributed by atoms with van der Waals surface area (Å²) in [5.41, 5.74) is 7.43. The van der Waals surface area contributed by atoms with Gasteiger partial charge in [0.15, 0.2) is 0 Å². The summed E-state index contributed by atoms with van der Waals surface area (Å²) in [6, 6.07) is 7.35. The van der Waals surface area contributed by atoms with Crippen molar-refractivity contribution in [2.45, 2.75) is 19.9 Å². The summed E-state index contributed by atoms with van der Waals surface area (Å²) in [5.74, 6) is -1.73. The van der Waals surface area contributed by atoms with E-state index in [0.29, 0.717) is 34.7 Å². The summed E-state index contributed by atoms with van der Waals surface area (Å²) in [5, 5.41) is 0.921. The molecule has 3 aromatic rings. The quantitative estimate of drug-likeness (QED) is 0.172. The number of halogens is 1. The number of ketones is 1. The summed E-state index contributed by atoms with van der Waals surface area (Å²) < 4.78 is 7.52. The molecule has 9 nitrogen and oxygen atoms in total. The molecule has 30 heavy (non-hydrogen) atoms. The summed E-state index contributed by atoms with van der Waals surface area (Å²) in [7, 11) is 1.38. The highest BCUT2D eigenvalue weighted by Crippen LogP contribution is 2.32. The van der Waals surface area contributed by atoms with Crippen molar-refractivity contribution >= 4 is 34.3 Å². The molecule has 0 radical (unpaired) electrons. The van der Waals surface area contributed by atoms with Crippen molar-refractivity contribution in [1.29, 1.82) is 0 Å². The maximum absolute atomic E-state index is 12.7. The van der Waals surface area contributed by atoms with Crippen LogP contribution in [0.5, 0.6) is 5.88 Å². The van der Waals surface area contributed by atoms with Crippen molar-refractivity contribution in [3.8, 4) is 5.88 Å². The van der Waals surface area contributed by atoms with Crippen LogP contribution in [0.3, 0.4) is 0 Å². The van der Waals surface area contributed by atoms with Crippen LogP contribution >= 0.6 is 11.6 Å². The van der Waals surface area contributed by atoms with Gasteiger partial charge < -0.3 is 15.0 Å². The smallest absolute Gasteiger partial charge is 0.289 e. The highest BCUT2D eigenvalue weighted by molar-refractivity contribution is 6.45. The average Bonchev–Trinajstić information content (AvgIpc) is 3.04. The van der Waals surface area contributed by atoms with Gasteiger partial charge in [0.1, 0.15) is 25.2 Å². The molecule has 0 unspecified atom stereocenters. The molecule has 0 aliphatic carbocycles. The van der Waals surface area contributed by atoms with Gasteiger partial charge in [-0.1, -0.05) is 30.7 Å². The SMILES string of the molecule is CCc1c(C(=O)C(N)=O)c2c(OCCOOC)ncnc2n1Cc1cccc(Cl)c1. The number of fused-ring (bicyclic) bond motifs is 1. The molecule has 0 atom stereocenters. The maximum atomic E-state index is 12.7. The van der Waals surface area contributed by atoms with Crippen LogP contribution in [-0.2, 0) is 27.5 Å². The number of primary amides is 1. The van der Waals surface area contributed by atoms with E-state index in [1.165, 1.54) is 13.4 Å². The zero-order valence-corrected chi connectivity index (χ0v) is 17.3. The molecule has 0 bridgehead atoms. The molecule has 2 N–H and O–H groups in total. The summed E-state index contributed by atoms with van der Waals surface area (Å²) in [4.78, 5) is 42.3. The van der Waals surface area contributed by atoms with Gasteiger partial charge in [0.2, 0.25) is 5.88 Å². The van der Waals surface area contributed by atoms with Gasteiger partial charge in [-0.05, 0) is 24.1 Å². The monoisotopic (exact) mass is 432 g/mol. The van der Waals surface area contributed by atoms with E-state index in [-0.39, 0.29) is 24.7 Å². The normalized spacial score (nSPS) is 11.0. The molecule has 0 fully saturated rings. The first-order chi connectivity index (χ1) is 14.5. The highest BCUT2D eigenvalue weighted by atomic mass is 35.5. The van der Waals surface area contributed by atoms with Crippen molar-refractivity contribution < 1.29 is 24.1 Å². The Kier molecular flexibility index (Phi) is 6.99. The molecule has 1 amide bonds. The standard InChI is InChI=1S/C20H21ClN4O5/c1-3-14-15(17(26)18(22)27)16-19(23-11-24-20(16)29-7-8-30-28-2)25(14)10-12-5-4-6-13(21)9-12/h4-6,9,11H,3,7-8,10H2,1-2H3,(H2,22,27). The number of hydrogen-bond acceptors (Lipinski definition) is 7. The number of ether oxygens (including phenoxy) is 1. The predicted octanol–water partition coefficient (Wildman–Crippen LogP) is 2.32. The van der Waals surface area contributed by atoms with Gasteiger partial charge in [0.25, 0.3) is 11.7 Å². The molecule has 3 rings (SSSR count). The van der Waals surface area contributed by atoms with Gasteiger partial charge in [-0.2, -0.15) is 0 Å². The topological polar surface area (TPSA) is 119 Å². The third-order valence-corrected chi connectivity index (χ3v) is 4.69. The molecule has 0 saturated heterocycles. The lowest BCUT2D eigenvalue weighted by molar-refractivity contribution is -0.275. The van der Waals surface area contributed by atoms with Crippen LogP contribution in [0, 0.1) is 0 Å². The average molecular weight is 433 g/mol. The van der Waals surface area contributed by atoms with Crippen LogP contribution in [0.4, 0.5) is 0 Å². The van der Waals surface area contributed by atoms with Crippen molar-refractivity contribution in [2.24, 2.45) is 5.73 Å². The van der Waals surface area contributed by atoms with Crippen molar-refractivity contribution in [3.63, 3.8) is 0 Å². The number of benzene rings is 1. The lowest BCUT2D eigenvalue weighted by atomic mass is 10.1. The number of carbonyl (C=O) groups excluding carboxylic acids is 2. The highest BCUT2D eigenvalue weighted by Gasteiger charge is 2.28. The Hall–Kier alpha value is -3.01. The minimum atomic E-state index is -1.07. The Morgan fingerprint density at radius 2 is 2.03 bits per heavy atom. The van der Waals surface area contributed by atoms with E-state index in [2.05, 4.69) is 14.9 Å². The van der Waals surface area contributed by atoms with Crippen molar-refractivity contribution in [3.05, 3.63) is 52.4 Å². The Morgan fingerprint density at radius 1 is 1.23 bits per heavy atom. The fraction of sp³-hybridized carbons (Fsp3) is 0.300. The molecule has 2 heterocycles. The molecule has 158 valence electrons. The van der Waals surface area contributed by atoms with Crippen LogP contribution in [0.25, 0.3) is 11.0 Å². The van der Waals surface area contributed by atoms with E-state index in [1.807, 2.05) is 29.7 Å².